The molecule has 0 unspecified atom stereocenters. The first-order valence-electron chi connectivity index (χ1n) is 3.95. The van der Waals surface area contributed by atoms with E-state index >= 15 is 0 Å². The molecular formula is C9H13BN. The molecule has 1 aromatic carbocycles. The normalized spacial score (nSPS) is 9.64. The predicted octanol–water partition coefficient (Wildman–Crippen LogP) is 0.565. The summed E-state index contributed by atoms with van der Waals surface area (Å²) in [6, 6.07) is 8.49. The highest BCUT2D eigenvalue weighted by molar-refractivity contribution is 6.51. The van der Waals surface area contributed by atoms with Crippen LogP contribution in [0.4, 0.5) is 0 Å². The van der Waals surface area contributed by atoms with Gasteiger partial charge in [0.1, 0.15) is 7.28 Å². The van der Waals surface area contributed by atoms with Crippen molar-refractivity contribution < 1.29 is 0 Å². The van der Waals surface area contributed by atoms with E-state index in [4.69, 9.17) is 5.73 Å². The molecule has 0 aliphatic heterocycles. The topological polar surface area (TPSA) is 26.0 Å². The van der Waals surface area contributed by atoms with Crippen molar-refractivity contribution in [2.24, 2.45) is 5.73 Å². The summed E-state index contributed by atoms with van der Waals surface area (Å²) >= 11 is 0. The van der Waals surface area contributed by atoms with Crippen LogP contribution in [0.25, 0.3) is 0 Å². The first-order chi connectivity index (χ1) is 5.36. The van der Waals surface area contributed by atoms with Crippen LogP contribution < -0.4 is 11.2 Å². The average Bonchev–Trinajstić information content (AvgIpc) is 2.07. The number of hydrogen-bond acceptors (Lipinski definition) is 1. The third-order valence-corrected chi connectivity index (χ3v) is 1.75. The van der Waals surface area contributed by atoms with Gasteiger partial charge >= 0.3 is 0 Å². The molecule has 2 heteroatoms. The molecule has 0 spiro atoms. The van der Waals surface area contributed by atoms with E-state index in [1.54, 1.807) is 0 Å². The van der Waals surface area contributed by atoms with E-state index < -0.39 is 0 Å². The molecule has 11 heavy (non-hydrogen) atoms. The van der Waals surface area contributed by atoms with Crippen LogP contribution in [-0.2, 0) is 6.42 Å². The highest BCUT2D eigenvalue weighted by Gasteiger charge is 1.91. The van der Waals surface area contributed by atoms with Gasteiger partial charge in [0.05, 0.1) is 0 Å². The number of rotatable bonds is 3. The third-order valence-electron chi connectivity index (χ3n) is 1.75. The quantitative estimate of drug-likeness (QED) is 0.619. The SMILES string of the molecule is C[B]c1ccc(CCN)cc1. The zero-order chi connectivity index (χ0) is 8.10. The molecule has 0 aromatic heterocycles. The van der Waals surface area contributed by atoms with Crippen LogP contribution in [0.1, 0.15) is 5.56 Å². The van der Waals surface area contributed by atoms with Gasteiger partial charge in [0.2, 0.25) is 0 Å². The van der Waals surface area contributed by atoms with Gasteiger partial charge < -0.3 is 5.73 Å². The van der Waals surface area contributed by atoms with Crippen LogP contribution in [0.15, 0.2) is 24.3 Å². The summed E-state index contributed by atoms with van der Waals surface area (Å²) < 4.78 is 0. The van der Waals surface area contributed by atoms with E-state index in [1.807, 2.05) is 6.82 Å². The van der Waals surface area contributed by atoms with Gasteiger partial charge in [0.25, 0.3) is 0 Å². The molecule has 0 aliphatic carbocycles. The molecule has 1 aromatic rings. The second-order valence-electron chi connectivity index (χ2n) is 2.57. The van der Waals surface area contributed by atoms with Gasteiger partial charge in [0.15, 0.2) is 0 Å². The second kappa shape index (κ2) is 4.19. The summed E-state index contributed by atoms with van der Waals surface area (Å²) in [6.45, 7) is 2.77. The molecule has 0 saturated carbocycles. The van der Waals surface area contributed by atoms with E-state index in [0.29, 0.717) is 0 Å². The van der Waals surface area contributed by atoms with E-state index in [2.05, 4.69) is 31.5 Å². The second-order valence-corrected chi connectivity index (χ2v) is 2.57. The Morgan fingerprint density at radius 1 is 1.27 bits per heavy atom. The minimum absolute atomic E-state index is 0.731. The van der Waals surface area contributed by atoms with Crippen molar-refractivity contribution in [3.63, 3.8) is 0 Å². The minimum atomic E-state index is 0.731. The molecule has 0 heterocycles. The van der Waals surface area contributed by atoms with Gasteiger partial charge in [-0.15, -0.1) is 0 Å². The minimum Gasteiger partial charge on any atom is -0.330 e. The van der Waals surface area contributed by atoms with Crippen molar-refractivity contribution >= 4 is 12.7 Å². The maximum Gasteiger partial charge on any atom is 0.148 e. The van der Waals surface area contributed by atoms with Crippen molar-refractivity contribution in [3.05, 3.63) is 29.8 Å². The smallest absolute Gasteiger partial charge is 0.148 e. The first-order valence-corrected chi connectivity index (χ1v) is 3.95. The van der Waals surface area contributed by atoms with Crippen LogP contribution in [0.3, 0.4) is 0 Å². The van der Waals surface area contributed by atoms with E-state index in [9.17, 15) is 0 Å². The largest absolute Gasteiger partial charge is 0.330 e. The molecule has 0 aliphatic rings. The molecule has 0 saturated heterocycles. The van der Waals surface area contributed by atoms with Crippen molar-refractivity contribution in [1.29, 1.82) is 0 Å². The summed E-state index contributed by atoms with van der Waals surface area (Å²) in [5, 5.41) is 0. The molecule has 57 valence electrons. The fourth-order valence-corrected chi connectivity index (χ4v) is 1.04. The summed E-state index contributed by atoms with van der Waals surface area (Å²) in [6.07, 6.45) is 0.976. The number of hydrogen-bond donors (Lipinski definition) is 1. The third kappa shape index (κ3) is 2.39. The highest BCUT2D eigenvalue weighted by Crippen LogP contribution is 1.96. The first kappa shape index (κ1) is 8.34. The maximum atomic E-state index is 5.42. The van der Waals surface area contributed by atoms with Gasteiger partial charge in [-0.1, -0.05) is 36.6 Å². The number of benzene rings is 1. The molecule has 0 atom stereocenters. The highest BCUT2D eigenvalue weighted by atomic mass is 14.5. The fraction of sp³-hybridized carbons (Fsp3) is 0.333. The zero-order valence-electron chi connectivity index (χ0n) is 6.88. The fourth-order valence-electron chi connectivity index (χ4n) is 1.04. The zero-order valence-corrected chi connectivity index (χ0v) is 6.88. The van der Waals surface area contributed by atoms with Crippen LogP contribution in [0.2, 0.25) is 6.82 Å². The number of nitrogens with two attached hydrogens (primary N) is 1. The Labute approximate surface area is 68.9 Å². The van der Waals surface area contributed by atoms with Crippen LogP contribution >= 0.6 is 0 Å². The van der Waals surface area contributed by atoms with Gasteiger partial charge in [-0.05, 0) is 18.5 Å². The summed E-state index contributed by atoms with van der Waals surface area (Å²) in [5.41, 5.74) is 8.01. The Morgan fingerprint density at radius 3 is 2.36 bits per heavy atom. The van der Waals surface area contributed by atoms with Gasteiger partial charge in [0, 0.05) is 0 Å². The van der Waals surface area contributed by atoms with Crippen molar-refractivity contribution in [2.45, 2.75) is 13.2 Å². The monoisotopic (exact) mass is 146 g/mol. The lowest BCUT2D eigenvalue weighted by atomic mass is 9.73. The molecular weight excluding hydrogens is 133 g/mol. The lowest BCUT2D eigenvalue weighted by molar-refractivity contribution is 0.969. The van der Waals surface area contributed by atoms with Gasteiger partial charge in [-0.25, -0.2) is 0 Å². The van der Waals surface area contributed by atoms with E-state index in [1.165, 1.54) is 11.0 Å². The standard InChI is InChI=1S/C9H13BN/c1-10-9-4-2-8(3-5-9)6-7-11/h2-5H,6-7,11H2,1H3. The van der Waals surface area contributed by atoms with E-state index in [0.717, 1.165) is 13.0 Å². The van der Waals surface area contributed by atoms with Crippen LogP contribution in [-0.4, -0.2) is 13.8 Å². The molecule has 0 amide bonds. The Balaban J connectivity index is 2.66. The average molecular weight is 146 g/mol. The molecule has 2 N–H and O–H groups in total. The Bertz CT molecular complexity index is 205. The molecule has 0 fully saturated rings. The van der Waals surface area contributed by atoms with Gasteiger partial charge in [-0.3, -0.25) is 0 Å². The molecule has 1 rings (SSSR count). The summed E-state index contributed by atoms with van der Waals surface area (Å²) in [5.74, 6) is 0. The molecule has 1 radical (unpaired) electrons. The predicted molar refractivity (Wildman–Crippen MR) is 50.5 cm³/mol. The van der Waals surface area contributed by atoms with Gasteiger partial charge in [-0.2, -0.15) is 0 Å². The Hall–Kier alpha value is -0.755. The van der Waals surface area contributed by atoms with Crippen LogP contribution in [0.5, 0.6) is 0 Å². The molecule has 0 bridgehead atoms. The Morgan fingerprint density at radius 2 is 1.91 bits per heavy atom. The summed E-state index contributed by atoms with van der Waals surface area (Å²) in [7, 11) is 2.09. The lowest BCUT2D eigenvalue weighted by Gasteiger charge is -1.99. The van der Waals surface area contributed by atoms with Crippen molar-refractivity contribution in [1.82, 2.24) is 0 Å². The van der Waals surface area contributed by atoms with Crippen molar-refractivity contribution in [3.8, 4) is 0 Å². The maximum absolute atomic E-state index is 5.42. The van der Waals surface area contributed by atoms with Crippen LogP contribution in [0, 0.1) is 0 Å². The molecule has 1 nitrogen and oxygen atoms in total. The Kier molecular flexibility index (Phi) is 3.18. The van der Waals surface area contributed by atoms with Crippen molar-refractivity contribution in [2.75, 3.05) is 6.54 Å². The van der Waals surface area contributed by atoms with E-state index in [-0.39, 0.29) is 0 Å². The summed E-state index contributed by atoms with van der Waals surface area (Å²) in [4.78, 5) is 0. The lowest BCUT2D eigenvalue weighted by Crippen LogP contribution is -2.10.